The van der Waals surface area contributed by atoms with E-state index in [0.717, 1.165) is 11.6 Å². The molecule has 0 atom stereocenters. The Morgan fingerprint density at radius 1 is 1.60 bits per heavy atom. The van der Waals surface area contributed by atoms with Crippen molar-refractivity contribution in [1.82, 2.24) is 9.97 Å². The van der Waals surface area contributed by atoms with E-state index in [1.165, 1.54) is 0 Å². The van der Waals surface area contributed by atoms with E-state index in [0.29, 0.717) is 5.92 Å². The van der Waals surface area contributed by atoms with E-state index in [-0.39, 0.29) is 0 Å². The average molecular weight is 139 g/mol. The molecule has 0 radical (unpaired) electrons. The molecule has 1 rings (SSSR count). The first-order valence-electron chi connectivity index (χ1n) is 3.46. The van der Waals surface area contributed by atoms with Crippen molar-refractivity contribution in [3.8, 4) is 0 Å². The number of aromatic amines is 1. The Morgan fingerprint density at radius 2 is 2.30 bits per heavy atom. The molecule has 3 heteroatoms. The lowest BCUT2D eigenvalue weighted by atomic mass is 10.2. The molecule has 2 N–H and O–H groups in total. The zero-order valence-electron chi connectivity index (χ0n) is 6.60. The lowest BCUT2D eigenvalue weighted by Crippen LogP contribution is -1.91. The highest BCUT2D eigenvalue weighted by Gasteiger charge is 2.01. The molecule has 0 spiro atoms. The van der Waals surface area contributed by atoms with Gasteiger partial charge in [-0.05, 0) is 0 Å². The molecule has 1 aromatic heterocycles. The highest BCUT2D eigenvalue weighted by Crippen LogP contribution is 2.11. The standard InChI is InChI=1S/C7H13N3/c1-5(2)7-9-4-6(8-3)10-7/h4-5,8H,1-3H3,(H,9,10). The van der Waals surface area contributed by atoms with Crippen molar-refractivity contribution in [2.45, 2.75) is 19.8 Å². The number of nitrogens with zero attached hydrogens (tertiary/aromatic N) is 1. The van der Waals surface area contributed by atoms with Gasteiger partial charge in [0.25, 0.3) is 0 Å². The summed E-state index contributed by atoms with van der Waals surface area (Å²) in [6.45, 7) is 4.22. The molecule has 56 valence electrons. The number of nitrogens with one attached hydrogen (secondary N) is 2. The summed E-state index contributed by atoms with van der Waals surface area (Å²) in [4.78, 5) is 7.31. The molecule has 1 aromatic rings. The van der Waals surface area contributed by atoms with Gasteiger partial charge in [-0.1, -0.05) is 13.8 Å². The van der Waals surface area contributed by atoms with Gasteiger partial charge in [0, 0.05) is 13.0 Å². The SMILES string of the molecule is CNc1cnc(C(C)C)[nH]1. The highest BCUT2D eigenvalue weighted by molar-refractivity contribution is 5.31. The normalized spacial score (nSPS) is 10.4. The molecule has 0 aliphatic carbocycles. The summed E-state index contributed by atoms with van der Waals surface area (Å²) < 4.78 is 0. The topological polar surface area (TPSA) is 40.7 Å². The van der Waals surface area contributed by atoms with Crippen molar-refractivity contribution >= 4 is 5.82 Å². The van der Waals surface area contributed by atoms with Crippen molar-refractivity contribution in [2.24, 2.45) is 0 Å². The molecule has 0 aliphatic heterocycles. The zero-order chi connectivity index (χ0) is 7.56. The predicted molar refractivity (Wildman–Crippen MR) is 42.2 cm³/mol. The fourth-order valence-electron chi connectivity index (χ4n) is 0.757. The Bertz CT molecular complexity index is 202. The molecule has 0 aromatic carbocycles. The van der Waals surface area contributed by atoms with E-state index in [4.69, 9.17) is 0 Å². The van der Waals surface area contributed by atoms with Crippen molar-refractivity contribution < 1.29 is 0 Å². The van der Waals surface area contributed by atoms with Gasteiger partial charge >= 0.3 is 0 Å². The van der Waals surface area contributed by atoms with Gasteiger partial charge in [0.2, 0.25) is 0 Å². The fourth-order valence-corrected chi connectivity index (χ4v) is 0.757. The number of anilines is 1. The smallest absolute Gasteiger partial charge is 0.123 e. The summed E-state index contributed by atoms with van der Waals surface area (Å²) in [5, 5.41) is 2.98. The van der Waals surface area contributed by atoms with Gasteiger partial charge in [-0.15, -0.1) is 0 Å². The number of rotatable bonds is 2. The van der Waals surface area contributed by atoms with Gasteiger partial charge in [0.15, 0.2) is 0 Å². The predicted octanol–water partition coefficient (Wildman–Crippen LogP) is 1.57. The van der Waals surface area contributed by atoms with Crippen molar-refractivity contribution in [1.29, 1.82) is 0 Å². The van der Waals surface area contributed by atoms with Gasteiger partial charge < -0.3 is 10.3 Å². The summed E-state index contributed by atoms with van der Waals surface area (Å²) in [5.41, 5.74) is 0. The van der Waals surface area contributed by atoms with Crippen LogP contribution in [0.3, 0.4) is 0 Å². The zero-order valence-corrected chi connectivity index (χ0v) is 6.60. The second kappa shape index (κ2) is 2.73. The molecule has 0 aliphatic rings. The molecule has 0 saturated heterocycles. The van der Waals surface area contributed by atoms with E-state index in [2.05, 4.69) is 29.1 Å². The Morgan fingerprint density at radius 3 is 2.60 bits per heavy atom. The van der Waals surface area contributed by atoms with E-state index >= 15 is 0 Å². The number of hydrogen-bond acceptors (Lipinski definition) is 2. The number of H-pyrrole nitrogens is 1. The van der Waals surface area contributed by atoms with Crippen molar-refractivity contribution in [3.63, 3.8) is 0 Å². The maximum absolute atomic E-state index is 4.17. The number of aromatic nitrogens is 2. The highest BCUT2D eigenvalue weighted by atomic mass is 15.0. The lowest BCUT2D eigenvalue weighted by molar-refractivity contribution is 0.795. The Labute approximate surface area is 60.9 Å². The van der Waals surface area contributed by atoms with Crippen LogP contribution in [0.5, 0.6) is 0 Å². The Hall–Kier alpha value is -0.990. The number of hydrogen-bond donors (Lipinski definition) is 2. The lowest BCUT2D eigenvalue weighted by Gasteiger charge is -1.97. The quantitative estimate of drug-likeness (QED) is 0.653. The minimum absolute atomic E-state index is 0.474. The van der Waals surface area contributed by atoms with E-state index in [1.54, 1.807) is 6.20 Å². The van der Waals surface area contributed by atoms with Crippen LogP contribution in [0.4, 0.5) is 5.82 Å². The first kappa shape index (κ1) is 7.12. The Kier molecular flexibility index (Phi) is 1.94. The third kappa shape index (κ3) is 1.29. The molecular weight excluding hydrogens is 126 g/mol. The third-order valence-corrected chi connectivity index (χ3v) is 1.41. The first-order valence-corrected chi connectivity index (χ1v) is 3.46. The van der Waals surface area contributed by atoms with E-state index in [9.17, 15) is 0 Å². The maximum atomic E-state index is 4.17. The van der Waals surface area contributed by atoms with Crippen molar-refractivity contribution in [2.75, 3.05) is 12.4 Å². The Balaban J connectivity index is 2.78. The van der Waals surface area contributed by atoms with Crippen LogP contribution < -0.4 is 5.32 Å². The first-order chi connectivity index (χ1) is 4.74. The van der Waals surface area contributed by atoms with Crippen LogP contribution >= 0.6 is 0 Å². The minimum atomic E-state index is 0.474. The van der Waals surface area contributed by atoms with Gasteiger partial charge in [-0.3, -0.25) is 0 Å². The summed E-state index contributed by atoms with van der Waals surface area (Å²) in [6, 6.07) is 0. The molecule has 10 heavy (non-hydrogen) atoms. The molecule has 0 saturated carbocycles. The van der Waals surface area contributed by atoms with E-state index < -0.39 is 0 Å². The minimum Gasteiger partial charge on any atom is -0.373 e. The molecule has 0 unspecified atom stereocenters. The second-order valence-electron chi connectivity index (χ2n) is 2.59. The second-order valence-corrected chi connectivity index (χ2v) is 2.59. The van der Waals surface area contributed by atoms with Crippen LogP contribution in [-0.4, -0.2) is 17.0 Å². The largest absolute Gasteiger partial charge is 0.373 e. The van der Waals surface area contributed by atoms with Crippen LogP contribution in [0.15, 0.2) is 6.20 Å². The van der Waals surface area contributed by atoms with Gasteiger partial charge in [0.1, 0.15) is 11.6 Å². The summed E-state index contributed by atoms with van der Waals surface area (Å²) in [7, 11) is 1.87. The third-order valence-electron chi connectivity index (χ3n) is 1.41. The fraction of sp³-hybridized carbons (Fsp3) is 0.571. The van der Waals surface area contributed by atoms with Crippen LogP contribution in [0.25, 0.3) is 0 Å². The molecule has 3 nitrogen and oxygen atoms in total. The monoisotopic (exact) mass is 139 g/mol. The maximum Gasteiger partial charge on any atom is 0.123 e. The number of imidazole rings is 1. The molecule has 0 fully saturated rings. The molecular formula is C7H13N3. The van der Waals surface area contributed by atoms with Crippen LogP contribution in [0.1, 0.15) is 25.6 Å². The van der Waals surface area contributed by atoms with Crippen LogP contribution in [-0.2, 0) is 0 Å². The molecule has 0 amide bonds. The average Bonchev–Trinajstić information content (AvgIpc) is 2.34. The molecule has 0 bridgehead atoms. The van der Waals surface area contributed by atoms with Crippen molar-refractivity contribution in [3.05, 3.63) is 12.0 Å². The van der Waals surface area contributed by atoms with Gasteiger partial charge in [-0.25, -0.2) is 4.98 Å². The summed E-state index contributed by atoms with van der Waals surface area (Å²) in [5.74, 6) is 2.48. The molecule has 1 heterocycles. The van der Waals surface area contributed by atoms with Crippen LogP contribution in [0, 0.1) is 0 Å². The van der Waals surface area contributed by atoms with Gasteiger partial charge in [0.05, 0.1) is 6.20 Å². The van der Waals surface area contributed by atoms with E-state index in [1.807, 2.05) is 7.05 Å². The summed E-state index contributed by atoms with van der Waals surface area (Å²) >= 11 is 0. The van der Waals surface area contributed by atoms with Gasteiger partial charge in [-0.2, -0.15) is 0 Å². The van der Waals surface area contributed by atoms with Crippen LogP contribution in [0.2, 0.25) is 0 Å². The summed E-state index contributed by atoms with van der Waals surface area (Å²) in [6.07, 6.45) is 1.80.